The maximum Gasteiger partial charge on any atom is 0.407 e. The summed E-state index contributed by atoms with van der Waals surface area (Å²) >= 11 is 6.04. The monoisotopic (exact) mass is 362 g/mol. The van der Waals surface area contributed by atoms with Gasteiger partial charge in [0.05, 0.1) is 4.91 Å². The van der Waals surface area contributed by atoms with Gasteiger partial charge in [0, 0.05) is 0 Å². The van der Waals surface area contributed by atoms with Gasteiger partial charge < -0.3 is 15.4 Å². The normalized spacial score (nSPS) is 18.2. The second-order valence-electron chi connectivity index (χ2n) is 4.62. The van der Waals surface area contributed by atoms with E-state index in [0.29, 0.717) is 15.0 Å². The molecule has 0 bridgehead atoms. The van der Waals surface area contributed by atoms with Crippen LogP contribution in [0, 0.1) is 0 Å². The highest BCUT2D eigenvalue weighted by Crippen LogP contribution is 2.26. The van der Waals surface area contributed by atoms with Crippen molar-refractivity contribution in [1.82, 2.24) is 10.6 Å². The molecule has 0 aromatic heterocycles. The number of halogens is 3. The summed E-state index contributed by atoms with van der Waals surface area (Å²) in [6, 6.07) is 4.67. The molecule has 1 aliphatic heterocycles. The van der Waals surface area contributed by atoms with Crippen LogP contribution in [-0.4, -0.2) is 36.1 Å². The molecular formula is C14H13F3N2O2S2. The van der Waals surface area contributed by atoms with E-state index in [1.807, 2.05) is 0 Å². The van der Waals surface area contributed by atoms with Crippen LogP contribution in [0.3, 0.4) is 0 Å². The summed E-state index contributed by atoms with van der Waals surface area (Å²) < 4.78 is 43.3. The Morgan fingerprint density at radius 1 is 1.39 bits per heavy atom. The summed E-state index contributed by atoms with van der Waals surface area (Å²) in [5.74, 6) is 0.0538. The first-order valence-corrected chi connectivity index (χ1v) is 7.74. The maximum atomic E-state index is 12.6. The Morgan fingerprint density at radius 2 is 2.04 bits per heavy atom. The maximum absolute atomic E-state index is 12.6. The van der Waals surface area contributed by atoms with E-state index in [1.165, 1.54) is 7.05 Å². The van der Waals surface area contributed by atoms with Crippen LogP contribution in [0.1, 0.15) is 5.56 Å². The zero-order chi connectivity index (χ0) is 17.0. The summed E-state index contributed by atoms with van der Waals surface area (Å²) in [7, 11) is 1.23. The summed E-state index contributed by atoms with van der Waals surface area (Å²) in [4.78, 5) is 12.0. The number of likely N-dealkylation sites (N-methyl/N-ethyl adjacent to an activating group) is 1. The first-order chi connectivity index (χ1) is 10.8. The number of thioether (sulfide) groups is 1. The van der Waals surface area contributed by atoms with Crippen molar-refractivity contribution in [2.75, 3.05) is 13.7 Å². The SMILES string of the molecule is CNC(COc1ccc(/C=C2\SC(=S)NC2=O)cc1)C(F)(F)F. The van der Waals surface area contributed by atoms with Crippen LogP contribution in [0.2, 0.25) is 0 Å². The number of ether oxygens (including phenoxy) is 1. The summed E-state index contributed by atoms with van der Waals surface area (Å²) in [5.41, 5.74) is 0.723. The van der Waals surface area contributed by atoms with E-state index in [2.05, 4.69) is 10.6 Å². The highest BCUT2D eigenvalue weighted by Gasteiger charge is 2.39. The lowest BCUT2D eigenvalue weighted by atomic mass is 10.2. The molecule has 1 aromatic rings. The van der Waals surface area contributed by atoms with Crippen molar-refractivity contribution in [3.63, 3.8) is 0 Å². The van der Waals surface area contributed by atoms with E-state index in [4.69, 9.17) is 17.0 Å². The number of thiocarbonyl (C=S) groups is 1. The van der Waals surface area contributed by atoms with Crippen molar-refractivity contribution in [2.45, 2.75) is 12.2 Å². The number of amides is 1. The number of nitrogens with one attached hydrogen (secondary N) is 2. The molecule has 1 atom stereocenters. The van der Waals surface area contributed by atoms with Gasteiger partial charge in [-0.05, 0) is 30.8 Å². The molecule has 0 saturated carbocycles. The lowest BCUT2D eigenvalue weighted by Gasteiger charge is -2.19. The Balaban J connectivity index is 1.99. The molecule has 4 nitrogen and oxygen atoms in total. The van der Waals surface area contributed by atoms with Crippen LogP contribution in [0.4, 0.5) is 13.2 Å². The Morgan fingerprint density at radius 3 is 2.52 bits per heavy atom. The van der Waals surface area contributed by atoms with Crippen molar-refractivity contribution >= 4 is 40.3 Å². The first kappa shape index (κ1) is 17.8. The molecule has 1 aliphatic rings. The molecule has 9 heteroatoms. The van der Waals surface area contributed by atoms with Gasteiger partial charge >= 0.3 is 6.18 Å². The largest absolute Gasteiger partial charge is 0.492 e. The third-order valence-electron chi connectivity index (χ3n) is 2.98. The third-order valence-corrected chi connectivity index (χ3v) is 4.14. The van der Waals surface area contributed by atoms with Crippen molar-refractivity contribution in [1.29, 1.82) is 0 Å². The quantitative estimate of drug-likeness (QED) is 0.623. The fourth-order valence-electron chi connectivity index (χ4n) is 1.75. The Bertz CT molecular complexity index is 630. The number of hydrogen-bond donors (Lipinski definition) is 2. The molecule has 2 N–H and O–H groups in total. The predicted octanol–water partition coefficient (Wildman–Crippen LogP) is 2.70. The molecule has 124 valence electrons. The fraction of sp³-hybridized carbons (Fsp3) is 0.286. The lowest BCUT2D eigenvalue weighted by Crippen LogP contribution is -2.44. The average Bonchev–Trinajstić information content (AvgIpc) is 2.78. The number of carbonyl (C=O) groups is 1. The zero-order valence-electron chi connectivity index (χ0n) is 11.9. The standard InChI is InChI=1S/C14H13F3N2O2S2/c1-18-11(14(15,16)17)7-21-9-4-2-8(3-5-9)6-10-12(20)19-13(22)23-10/h2-6,11,18H,7H2,1H3,(H,19,20,22)/b10-6-. The molecule has 23 heavy (non-hydrogen) atoms. The van der Waals surface area contributed by atoms with E-state index in [1.54, 1.807) is 30.3 Å². The third kappa shape index (κ3) is 4.95. The van der Waals surface area contributed by atoms with Crippen LogP contribution in [0.5, 0.6) is 5.75 Å². The van der Waals surface area contributed by atoms with Crippen LogP contribution >= 0.6 is 24.0 Å². The molecule has 1 amide bonds. The van der Waals surface area contributed by atoms with Gasteiger partial charge in [0.15, 0.2) is 0 Å². The van der Waals surface area contributed by atoms with Gasteiger partial charge in [-0.15, -0.1) is 0 Å². The van der Waals surface area contributed by atoms with Crippen LogP contribution in [0.25, 0.3) is 6.08 Å². The topological polar surface area (TPSA) is 50.4 Å². The molecule has 2 rings (SSSR count). The molecule has 1 heterocycles. The first-order valence-electron chi connectivity index (χ1n) is 6.51. The molecule has 0 aliphatic carbocycles. The molecular weight excluding hydrogens is 349 g/mol. The van der Waals surface area contributed by atoms with E-state index < -0.39 is 18.8 Å². The molecule has 1 saturated heterocycles. The van der Waals surface area contributed by atoms with Crippen molar-refractivity contribution < 1.29 is 22.7 Å². The predicted molar refractivity (Wildman–Crippen MR) is 87.1 cm³/mol. The van der Waals surface area contributed by atoms with Gasteiger partial charge in [-0.1, -0.05) is 36.1 Å². The van der Waals surface area contributed by atoms with E-state index in [9.17, 15) is 18.0 Å². The van der Waals surface area contributed by atoms with Crippen molar-refractivity contribution in [2.24, 2.45) is 0 Å². The number of alkyl halides is 3. The zero-order valence-corrected chi connectivity index (χ0v) is 13.6. The summed E-state index contributed by atoms with van der Waals surface area (Å²) in [6.07, 6.45) is -2.72. The van der Waals surface area contributed by atoms with Crippen molar-refractivity contribution in [3.05, 3.63) is 34.7 Å². The number of benzene rings is 1. The van der Waals surface area contributed by atoms with Gasteiger partial charge in [-0.25, -0.2) is 0 Å². The minimum Gasteiger partial charge on any atom is -0.492 e. The number of rotatable bonds is 5. The van der Waals surface area contributed by atoms with Gasteiger partial charge in [0.2, 0.25) is 0 Å². The molecule has 0 radical (unpaired) electrons. The molecule has 1 fully saturated rings. The van der Waals surface area contributed by atoms with E-state index >= 15 is 0 Å². The Kier molecular flexibility index (Phi) is 5.66. The minimum atomic E-state index is -4.37. The van der Waals surface area contributed by atoms with Crippen LogP contribution in [0.15, 0.2) is 29.2 Å². The Labute approximate surface area is 140 Å². The van der Waals surface area contributed by atoms with Crippen molar-refractivity contribution in [3.8, 4) is 5.75 Å². The van der Waals surface area contributed by atoms with E-state index in [0.717, 1.165) is 17.3 Å². The molecule has 1 aromatic carbocycles. The smallest absolute Gasteiger partial charge is 0.407 e. The summed E-state index contributed by atoms with van der Waals surface area (Å²) in [6.45, 7) is -0.521. The highest BCUT2D eigenvalue weighted by atomic mass is 32.2. The van der Waals surface area contributed by atoms with Crippen LogP contribution < -0.4 is 15.4 Å². The fourth-order valence-corrected chi connectivity index (χ4v) is 2.80. The lowest BCUT2D eigenvalue weighted by molar-refractivity contribution is -0.160. The second-order valence-corrected chi connectivity index (χ2v) is 6.33. The Hall–Kier alpha value is -1.58. The number of carbonyl (C=O) groups excluding carboxylic acids is 1. The second kappa shape index (κ2) is 7.33. The van der Waals surface area contributed by atoms with E-state index in [-0.39, 0.29) is 5.91 Å². The molecule has 1 unspecified atom stereocenters. The highest BCUT2D eigenvalue weighted by molar-refractivity contribution is 8.26. The van der Waals surface area contributed by atoms with Gasteiger partial charge in [0.25, 0.3) is 5.91 Å². The number of hydrogen-bond acceptors (Lipinski definition) is 5. The van der Waals surface area contributed by atoms with Gasteiger partial charge in [0.1, 0.15) is 22.7 Å². The minimum absolute atomic E-state index is 0.262. The molecule has 0 spiro atoms. The van der Waals surface area contributed by atoms with Gasteiger partial charge in [-0.3, -0.25) is 4.79 Å². The summed E-state index contributed by atoms with van der Waals surface area (Å²) in [5, 5.41) is 4.66. The average molecular weight is 362 g/mol. The van der Waals surface area contributed by atoms with Gasteiger partial charge in [-0.2, -0.15) is 13.2 Å². The van der Waals surface area contributed by atoms with Crippen LogP contribution in [-0.2, 0) is 4.79 Å².